The SMILES string of the molecule is CCOC(=O)N1CCC(Nc2ncnc(NC)c2Br)CC1. The molecule has 0 aliphatic carbocycles. The second kappa shape index (κ2) is 7.44. The molecule has 1 aliphatic rings. The average Bonchev–Trinajstić information content (AvgIpc) is 2.50. The minimum absolute atomic E-state index is 0.225. The lowest BCUT2D eigenvalue weighted by molar-refractivity contribution is 0.0983. The molecule has 2 heterocycles. The van der Waals surface area contributed by atoms with Crippen molar-refractivity contribution in [3.63, 3.8) is 0 Å². The van der Waals surface area contributed by atoms with Gasteiger partial charge in [0.05, 0.1) is 6.61 Å². The summed E-state index contributed by atoms with van der Waals surface area (Å²) in [5.74, 6) is 1.51. The lowest BCUT2D eigenvalue weighted by Crippen LogP contribution is -2.42. The first-order chi connectivity index (χ1) is 10.2. The zero-order valence-corrected chi connectivity index (χ0v) is 13.8. The number of likely N-dealkylation sites (tertiary alicyclic amines) is 1. The fraction of sp³-hybridized carbons (Fsp3) is 0.615. The molecule has 1 fully saturated rings. The quantitative estimate of drug-likeness (QED) is 0.860. The lowest BCUT2D eigenvalue weighted by Gasteiger charge is -2.32. The van der Waals surface area contributed by atoms with Crippen LogP contribution < -0.4 is 10.6 Å². The number of hydrogen-bond donors (Lipinski definition) is 2. The van der Waals surface area contributed by atoms with Crippen LogP contribution in [-0.2, 0) is 4.74 Å². The van der Waals surface area contributed by atoms with Gasteiger partial charge >= 0.3 is 6.09 Å². The van der Waals surface area contributed by atoms with Crippen molar-refractivity contribution < 1.29 is 9.53 Å². The maximum Gasteiger partial charge on any atom is 0.409 e. The van der Waals surface area contributed by atoms with Gasteiger partial charge in [-0.2, -0.15) is 0 Å². The highest BCUT2D eigenvalue weighted by atomic mass is 79.9. The number of rotatable bonds is 4. The van der Waals surface area contributed by atoms with Crippen LogP contribution in [0.15, 0.2) is 10.8 Å². The maximum atomic E-state index is 11.6. The number of carbonyl (C=O) groups is 1. The average molecular weight is 358 g/mol. The Hall–Kier alpha value is -1.57. The van der Waals surface area contributed by atoms with Crippen molar-refractivity contribution in [2.75, 3.05) is 37.4 Å². The fourth-order valence-electron chi connectivity index (χ4n) is 2.26. The van der Waals surface area contributed by atoms with Crippen LogP contribution in [0.4, 0.5) is 16.4 Å². The Bertz CT molecular complexity index is 491. The number of aromatic nitrogens is 2. The first-order valence-corrected chi connectivity index (χ1v) is 7.81. The molecule has 0 atom stereocenters. The van der Waals surface area contributed by atoms with Crippen LogP contribution in [0.3, 0.4) is 0 Å². The smallest absolute Gasteiger partial charge is 0.409 e. The molecule has 1 aliphatic heterocycles. The van der Waals surface area contributed by atoms with Gasteiger partial charge in [0.1, 0.15) is 22.4 Å². The summed E-state index contributed by atoms with van der Waals surface area (Å²) < 4.78 is 5.83. The van der Waals surface area contributed by atoms with Gasteiger partial charge in [0.15, 0.2) is 0 Å². The van der Waals surface area contributed by atoms with Crippen molar-refractivity contribution in [1.29, 1.82) is 0 Å². The summed E-state index contributed by atoms with van der Waals surface area (Å²) in [5.41, 5.74) is 0. The van der Waals surface area contributed by atoms with Gasteiger partial charge in [-0.3, -0.25) is 0 Å². The van der Waals surface area contributed by atoms with Crippen LogP contribution in [0.25, 0.3) is 0 Å². The minimum atomic E-state index is -0.225. The van der Waals surface area contributed by atoms with Crippen LogP contribution in [-0.4, -0.2) is 53.7 Å². The molecular weight excluding hydrogens is 338 g/mol. The Kier molecular flexibility index (Phi) is 5.60. The maximum absolute atomic E-state index is 11.6. The highest BCUT2D eigenvalue weighted by Gasteiger charge is 2.24. The topological polar surface area (TPSA) is 79.4 Å². The van der Waals surface area contributed by atoms with Crippen LogP contribution in [0, 0.1) is 0 Å². The highest BCUT2D eigenvalue weighted by Crippen LogP contribution is 2.27. The van der Waals surface area contributed by atoms with E-state index in [1.807, 2.05) is 14.0 Å². The molecule has 7 nitrogen and oxygen atoms in total. The van der Waals surface area contributed by atoms with Gasteiger partial charge in [0, 0.05) is 26.2 Å². The molecule has 0 bridgehead atoms. The molecule has 0 aromatic carbocycles. The van der Waals surface area contributed by atoms with Gasteiger partial charge in [0.25, 0.3) is 0 Å². The zero-order valence-electron chi connectivity index (χ0n) is 12.2. The third-order valence-electron chi connectivity index (χ3n) is 3.39. The van der Waals surface area contributed by atoms with Crippen LogP contribution in [0.2, 0.25) is 0 Å². The first kappa shape index (κ1) is 15.8. The Morgan fingerprint density at radius 1 is 1.43 bits per heavy atom. The Labute approximate surface area is 132 Å². The third-order valence-corrected chi connectivity index (χ3v) is 4.14. The molecule has 1 aromatic heterocycles. The zero-order chi connectivity index (χ0) is 15.2. The third kappa shape index (κ3) is 3.96. The first-order valence-electron chi connectivity index (χ1n) is 7.02. The lowest BCUT2D eigenvalue weighted by atomic mass is 10.1. The second-order valence-corrected chi connectivity index (χ2v) is 5.53. The summed E-state index contributed by atoms with van der Waals surface area (Å²) in [6.45, 7) is 3.62. The van der Waals surface area contributed by atoms with E-state index < -0.39 is 0 Å². The van der Waals surface area contributed by atoms with E-state index in [1.165, 1.54) is 6.33 Å². The van der Waals surface area contributed by atoms with E-state index in [1.54, 1.807) is 4.90 Å². The van der Waals surface area contributed by atoms with Crippen molar-refractivity contribution >= 4 is 33.7 Å². The van der Waals surface area contributed by atoms with E-state index in [9.17, 15) is 4.79 Å². The van der Waals surface area contributed by atoms with E-state index in [0.717, 1.165) is 29.0 Å². The Morgan fingerprint density at radius 2 is 2.10 bits per heavy atom. The van der Waals surface area contributed by atoms with Gasteiger partial charge < -0.3 is 20.3 Å². The van der Waals surface area contributed by atoms with E-state index in [0.29, 0.717) is 19.7 Å². The summed E-state index contributed by atoms with van der Waals surface area (Å²) >= 11 is 3.49. The molecule has 1 saturated heterocycles. The standard InChI is InChI=1S/C13H20BrN5O2/c1-3-21-13(20)19-6-4-9(5-7-19)18-12-10(14)11(15-2)16-8-17-12/h8-9H,3-7H2,1-2H3,(H2,15,16,17,18). The van der Waals surface area contributed by atoms with E-state index in [4.69, 9.17) is 4.74 Å². The monoisotopic (exact) mass is 357 g/mol. The molecule has 0 unspecified atom stereocenters. The number of piperidine rings is 1. The van der Waals surface area contributed by atoms with Gasteiger partial charge in [-0.25, -0.2) is 14.8 Å². The Balaban J connectivity index is 1.90. The summed E-state index contributed by atoms with van der Waals surface area (Å²) in [7, 11) is 1.81. The van der Waals surface area contributed by atoms with Crippen molar-refractivity contribution in [3.8, 4) is 0 Å². The molecule has 2 rings (SSSR count). The summed E-state index contributed by atoms with van der Waals surface area (Å²) in [6.07, 6.45) is 3.03. The molecule has 21 heavy (non-hydrogen) atoms. The van der Waals surface area contributed by atoms with Crippen molar-refractivity contribution in [3.05, 3.63) is 10.8 Å². The number of carbonyl (C=O) groups excluding carboxylic acids is 1. The molecule has 1 amide bonds. The predicted molar refractivity (Wildman–Crippen MR) is 84.5 cm³/mol. The van der Waals surface area contributed by atoms with Gasteiger partial charge in [-0.1, -0.05) is 0 Å². The van der Waals surface area contributed by atoms with Crippen molar-refractivity contribution in [2.24, 2.45) is 0 Å². The number of hydrogen-bond acceptors (Lipinski definition) is 6. The van der Waals surface area contributed by atoms with Crippen molar-refractivity contribution in [1.82, 2.24) is 14.9 Å². The van der Waals surface area contributed by atoms with E-state index in [2.05, 4.69) is 36.5 Å². The van der Waals surface area contributed by atoms with Gasteiger partial charge in [-0.05, 0) is 35.7 Å². The second-order valence-electron chi connectivity index (χ2n) is 4.74. The number of nitrogens with zero attached hydrogens (tertiary/aromatic N) is 3. The number of ether oxygens (including phenoxy) is 1. The fourth-order valence-corrected chi connectivity index (χ4v) is 2.78. The number of halogens is 1. The summed E-state index contributed by atoms with van der Waals surface area (Å²) in [6, 6.07) is 0.284. The van der Waals surface area contributed by atoms with Crippen LogP contribution in [0.1, 0.15) is 19.8 Å². The molecule has 8 heteroatoms. The van der Waals surface area contributed by atoms with Gasteiger partial charge in [0.2, 0.25) is 0 Å². The van der Waals surface area contributed by atoms with Crippen molar-refractivity contribution in [2.45, 2.75) is 25.8 Å². The molecule has 116 valence electrons. The molecule has 0 spiro atoms. The molecule has 0 radical (unpaired) electrons. The normalized spacial score (nSPS) is 15.7. The Morgan fingerprint density at radius 3 is 2.71 bits per heavy atom. The summed E-state index contributed by atoms with van der Waals surface area (Å²) in [4.78, 5) is 21.8. The van der Waals surface area contributed by atoms with Gasteiger partial charge in [-0.15, -0.1) is 0 Å². The molecular formula is C13H20BrN5O2. The predicted octanol–water partition coefficient (Wildman–Crippen LogP) is 2.31. The molecule has 2 N–H and O–H groups in total. The highest BCUT2D eigenvalue weighted by molar-refractivity contribution is 9.10. The van der Waals surface area contributed by atoms with E-state index in [-0.39, 0.29) is 12.1 Å². The van der Waals surface area contributed by atoms with Crippen LogP contribution >= 0.6 is 15.9 Å². The minimum Gasteiger partial charge on any atom is -0.450 e. The largest absolute Gasteiger partial charge is 0.450 e. The van der Waals surface area contributed by atoms with E-state index >= 15 is 0 Å². The number of amides is 1. The number of nitrogens with one attached hydrogen (secondary N) is 2. The van der Waals surface area contributed by atoms with Crippen LogP contribution in [0.5, 0.6) is 0 Å². The number of anilines is 2. The molecule has 1 aromatic rings. The molecule has 0 saturated carbocycles. The summed E-state index contributed by atoms with van der Waals surface area (Å²) in [5, 5.41) is 6.40.